The normalized spacial score (nSPS) is 19.2. The Morgan fingerprint density at radius 3 is 2.83 bits per heavy atom. The molecule has 0 fully saturated rings. The molecule has 0 saturated carbocycles. The quantitative estimate of drug-likeness (QED) is 0.501. The summed E-state index contributed by atoms with van der Waals surface area (Å²) in [7, 11) is 5.72. The van der Waals surface area contributed by atoms with E-state index in [4.69, 9.17) is 7.85 Å². The highest BCUT2D eigenvalue weighted by Crippen LogP contribution is 2.37. The smallest absolute Gasteiger partial charge is 0.0964 e. The second-order valence-electron chi connectivity index (χ2n) is 4.30. The number of hydrogen-bond donors (Lipinski definition) is 0. The minimum atomic E-state index is 0.364. The van der Waals surface area contributed by atoms with Crippen LogP contribution >= 0.6 is 0 Å². The molecule has 0 amide bonds. The van der Waals surface area contributed by atoms with E-state index in [1.807, 2.05) is 6.07 Å². The van der Waals surface area contributed by atoms with Gasteiger partial charge in [-0.05, 0) is 29.4 Å². The van der Waals surface area contributed by atoms with Gasteiger partial charge in [0.05, 0.1) is 0 Å². The van der Waals surface area contributed by atoms with Crippen LogP contribution in [0.5, 0.6) is 0 Å². The van der Waals surface area contributed by atoms with Crippen LogP contribution in [0.25, 0.3) is 0 Å². The lowest BCUT2D eigenvalue weighted by atomic mass is 9.84. The zero-order chi connectivity index (χ0) is 8.77. The molecule has 0 spiro atoms. The molecular formula is C11H13B. The Morgan fingerprint density at radius 1 is 1.33 bits per heavy atom. The van der Waals surface area contributed by atoms with Gasteiger partial charge in [0, 0.05) is 0 Å². The van der Waals surface area contributed by atoms with Crippen LogP contribution < -0.4 is 5.46 Å². The number of hydrogen-bond acceptors (Lipinski definition) is 0. The summed E-state index contributed by atoms with van der Waals surface area (Å²) < 4.78 is 0. The first-order chi connectivity index (χ1) is 5.59. The second-order valence-corrected chi connectivity index (χ2v) is 4.30. The van der Waals surface area contributed by atoms with Gasteiger partial charge in [-0.1, -0.05) is 37.5 Å². The topological polar surface area (TPSA) is 0 Å². The molecule has 0 bridgehead atoms. The molecule has 60 valence electrons. The first-order valence-corrected chi connectivity index (χ1v) is 4.48. The largest absolute Gasteiger partial charge is 0.113 e. The Morgan fingerprint density at radius 2 is 2.08 bits per heavy atom. The Balaban J connectivity index is 2.55. The Hall–Kier alpha value is -0.715. The molecule has 2 rings (SSSR count). The average Bonchev–Trinajstić information content (AvgIpc) is 2.27. The predicted molar refractivity (Wildman–Crippen MR) is 53.2 cm³/mol. The van der Waals surface area contributed by atoms with Crippen molar-refractivity contribution in [2.24, 2.45) is 0 Å². The predicted octanol–water partition coefficient (Wildman–Crippen LogP) is 1.70. The van der Waals surface area contributed by atoms with E-state index in [1.54, 1.807) is 0 Å². The summed E-state index contributed by atoms with van der Waals surface area (Å²) >= 11 is 0. The molecule has 2 radical (unpaired) electrons. The van der Waals surface area contributed by atoms with Crippen LogP contribution in [0.1, 0.15) is 31.4 Å². The molecule has 0 N–H and O–H groups in total. The van der Waals surface area contributed by atoms with Gasteiger partial charge in [0.1, 0.15) is 7.85 Å². The lowest BCUT2D eigenvalue weighted by Crippen LogP contribution is -2.13. The van der Waals surface area contributed by atoms with Crippen LogP contribution in [0.2, 0.25) is 0 Å². The summed E-state index contributed by atoms with van der Waals surface area (Å²) in [5.74, 6) is 0. The summed E-state index contributed by atoms with van der Waals surface area (Å²) in [6.45, 7) is 4.60. The fraction of sp³-hybridized carbons (Fsp3) is 0.455. The SMILES string of the molecule is [B]c1ccc2c(c1)CCC2(C)C. The van der Waals surface area contributed by atoms with Gasteiger partial charge in [-0.2, -0.15) is 0 Å². The highest BCUT2D eigenvalue weighted by Gasteiger charge is 2.28. The maximum absolute atomic E-state index is 5.72. The van der Waals surface area contributed by atoms with E-state index in [9.17, 15) is 0 Å². The lowest BCUT2D eigenvalue weighted by molar-refractivity contribution is 0.522. The zero-order valence-electron chi connectivity index (χ0n) is 7.72. The van der Waals surface area contributed by atoms with Crippen molar-refractivity contribution in [3.05, 3.63) is 29.3 Å². The van der Waals surface area contributed by atoms with Gasteiger partial charge in [0.15, 0.2) is 0 Å². The molecule has 12 heavy (non-hydrogen) atoms. The van der Waals surface area contributed by atoms with Gasteiger partial charge >= 0.3 is 0 Å². The van der Waals surface area contributed by atoms with E-state index in [0.717, 1.165) is 5.46 Å². The maximum Gasteiger partial charge on any atom is 0.113 e. The highest BCUT2D eigenvalue weighted by molar-refractivity contribution is 6.32. The lowest BCUT2D eigenvalue weighted by Gasteiger charge is -2.18. The van der Waals surface area contributed by atoms with Crippen molar-refractivity contribution in [2.75, 3.05) is 0 Å². The van der Waals surface area contributed by atoms with Crippen molar-refractivity contribution in [3.63, 3.8) is 0 Å². The second kappa shape index (κ2) is 2.38. The first-order valence-electron chi connectivity index (χ1n) is 4.48. The number of fused-ring (bicyclic) bond motifs is 1. The molecule has 1 heteroatoms. The van der Waals surface area contributed by atoms with Gasteiger partial charge in [-0.25, -0.2) is 0 Å². The van der Waals surface area contributed by atoms with Crippen molar-refractivity contribution in [1.29, 1.82) is 0 Å². The summed E-state index contributed by atoms with van der Waals surface area (Å²) in [6, 6.07) is 6.30. The van der Waals surface area contributed by atoms with E-state index in [1.165, 1.54) is 24.0 Å². The molecule has 1 aliphatic rings. The number of aryl methyl sites for hydroxylation is 1. The molecule has 0 heterocycles. The van der Waals surface area contributed by atoms with Crippen molar-refractivity contribution >= 4 is 13.3 Å². The standard InChI is InChI=1S/C11H13B/c1-11(2)6-5-8-7-9(12)3-4-10(8)11/h3-4,7H,5-6H2,1-2H3. The van der Waals surface area contributed by atoms with Crippen molar-refractivity contribution in [3.8, 4) is 0 Å². The summed E-state index contributed by atoms with van der Waals surface area (Å²) in [4.78, 5) is 0. The minimum Gasteiger partial charge on any atom is -0.0964 e. The monoisotopic (exact) mass is 156 g/mol. The fourth-order valence-electron chi connectivity index (χ4n) is 2.06. The average molecular weight is 156 g/mol. The summed E-state index contributed by atoms with van der Waals surface area (Å²) in [5.41, 5.74) is 4.19. The Kier molecular flexibility index (Phi) is 1.57. The Labute approximate surface area is 75.4 Å². The summed E-state index contributed by atoms with van der Waals surface area (Å²) in [5, 5.41) is 0. The summed E-state index contributed by atoms with van der Waals surface area (Å²) in [6.07, 6.45) is 2.44. The highest BCUT2D eigenvalue weighted by atomic mass is 14.3. The van der Waals surface area contributed by atoms with E-state index < -0.39 is 0 Å². The third-order valence-corrected chi connectivity index (χ3v) is 2.88. The zero-order valence-corrected chi connectivity index (χ0v) is 7.72. The van der Waals surface area contributed by atoms with Gasteiger partial charge in [0.25, 0.3) is 0 Å². The van der Waals surface area contributed by atoms with E-state index in [-0.39, 0.29) is 0 Å². The molecule has 1 aromatic carbocycles. The Bertz CT molecular complexity index is 313. The third kappa shape index (κ3) is 1.08. The molecular weight excluding hydrogens is 143 g/mol. The van der Waals surface area contributed by atoms with Crippen LogP contribution in [0.15, 0.2) is 18.2 Å². The van der Waals surface area contributed by atoms with Crippen LogP contribution in [-0.2, 0) is 11.8 Å². The van der Waals surface area contributed by atoms with Gasteiger partial charge < -0.3 is 0 Å². The number of benzene rings is 1. The molecule has 0 atom stereocenters. The van der Waals surface area contributed by atoms with E-state index in [0.29, 0.717) is 5.41 Å². The van der Waals surface area contributed by atoms with Crippen LogP contribution in [0, 0.1) is 0 Å². The fourth-order valence-corrected chi connectivity index (χ4v) is 2.06. The van der Waals surface area contributed by atoms with Gasteiger partial charge in [-0.15, -0.1) is 0 Å². The molecule has 0 aliphatic heterocycles. The molecule has 0 saturated heterocycles. The van der Waals surface area contributed by atoms with Crippen LogP contribution in [-0.4, -0.2) is 7.85 Å². The molecule has 1 aliphatic carbocycles. The van der Waals surface area contributed by atoms with Gasteiger partial charge in [0.2, 0.25) is 0 Å². The maximum atomic E-state index is 5.72. The first kappa shape index (κ1) is 7.91. The number of rotatable bonds is 0. The van der Waals surface area contributed by atoms with Crippen molar-refractivity contribution in [2.45, 2.75) is 32.1 Å². The van der Waals surface area contributed by atoms with Gasteiger partial charge in [-0.3, -0.25) is 0 Å². The van der Waals surface area contributed by atoms with Crippen molar-refractivity contribution in [1.82, 2.24) is 0 Å². The molecule has 0 aromatic heterocycles. The van der Waals surface area contributed by atoms with Crippen LogP contribution in [0.4, 0.5) is 0 Å². The molecule has 0 unspecified atom stereocenters. The molecule has 1 aromatic rings. The molecule has 0 nitrogen and oxygen atoms in total. The van der Waals surface area contributed by atoms with E-state index >= 15 is 0 Å². The minimum absolute atomic E-state index is 0.364. The van der Waals surface area contributed by atoms with Crippen LogP contribution in [0.3, 0.4) is 0 Å². The third-order valence-electron chi connectivity index (χ3n) is 2.88. The van der Waals surface area contributed by atoms with E-state index in [2.05, 4.69) is 26.0 Å². The van der Waals surface area contributed by atoms with Crippen molar-refractivity contribution < 1.29 is 0 Å².